The molecule has 0 saturated carbocycles. The van der Waals surface area contributed by atoms with Crippen molar-refractivity contribution in [2.24, 2.45) is 0 Å². The summed E-state index contributed by atoms with van der Waals surface area (Å²) in [4.78, 5) is 14.5. The summed E-state index contributed by atoms with van der Waals surface area (Å²) in [7, 11) is 1.67. The van der Waals surface area contributed by atoms with Crippen LogP contribution in [-0.4, -0.2) is 75.6 Å². The van der Waals surface area contributed by atoms with Crippen molar-refractivity contribution in [2.75, 3.05) is 38.2 Å². The molecule has 0 radical (unpaired) electrons. The maximum absolute atomic E-state index is 10.00. The Morgan fingerprint density at radius 2 is 1.94 bits per heavy atom. The van der Waals surface area contributed by atoms with E-state index >= 15 is 0 Å². The van der Waals surface area contributed by atoms with E-state index in [4.69, 9.17) is 14.7 Å². The fourth-order valence-corrected chi connectivity index (χ4v) is 5.42. The number of halogens is 1. The number of aryl methyl sites for hydroxylation is 1. The van der Waals surface area contributed by atoms with E-state index in [1.54, 1.807) is 7.11 Å². The summed E-state index contributed by atoms with van der Waals surface area (Å²) < 4.78 is 5.69. The van der Waals surface area contributed by atoms with Gasteiger partial charge in [0.2, 0.25) is 0 Å². The summed E-state index contributed by atoms with van der Waals surface area (Å²) in [6.45, 7) is 7.79. The summed E-state index contributed by atoms with van der Waals surface area (Å²) in [5, 5.41) is 17.7. The number of pyridine rings is 2. The molecule has 2 aliphatic rings. The van der Waals surface area contributed by atoms with E-state index < -0.39 is 0 Å². The van der Waals surface area contributed by atoms with E-state index in [1.165, 1.54) is 11.1 Å². The Labute approximate surface area is 216 Å². The van der Waals surface area contributed by atoms with Gasteiger partial charge in [-0.05, 0) is 43.5 Å². The molecule has 1 aromatic carbocycles. The van der Waals surface area contributed by atoms with E-state index in [9.17, 15) is 5.11 Å². The highest BCUT2D eigenvalue weighted by Gasteiger charge is 2.35. The number of fused-ring (bicyclic) bond motifs is 2. The van der Waals surface area contributed by atoms with Crippen LogP contribution in [0.5, 0.6) is 5.75 Å². The lowest BCUT2D eigenvalue weighted by Gasteiger charge is -2.37. The molecular weight excluding hydrogens is 476 g/mol. The van der Waals surface area contributed by atoms with Crippen molar-refractivity contribution in [2.45, 2.75) is 32.4 Å². The molecule has 6 rings (SSSR count). The first kappa shape index (κ1) is 24.5. The third kappa shape index (κ3) is 4.19. The van der Waals surface area contributed by atoms with Gasteiger partial charge in [0.25, 0.3) is 0 Å². The van der Waals surface area contributed by atoms with Gasteiger partial charge in [-0.15, -0.1) is 12.4 Å². The fraction of sp³-hybridized carbons (Fsp3) is 0.370. The molecule has 3 aromatic heterocycles. The number of aliphatic hydroxyl groups excluding tert-OH is 1. The zero-order valence-electron chi connectivity index (χ0n) is 20.7. The van der Waals surface area contributed by atoms with Gasteiger partial charge < -0.3 is 14.7 Å². The summed E-state index contributed by atoms with van der Waals surface area (Å²) >= 11 is 0. The first-order valence-corrected chi connectivity index (χ1v) is 12.1. The zero-order valence-corrected chi connectivity index (χ0v) is 21.5. The highest BCUT2D eigenvalue weighted by molar-refractivity contribution is 5.93. The normalized spacial score (nSPS) is 19.8. The third-order valence-electron chi connectivity index (χ3n) is 7.52. The van der Waals surface area contributed by atoms with Crippen LogP contribution in [0.1, 0.15) is 17.5 Å². The molecule has 8 nitrogen and oxygen atoms in total. The fourth-order valence-electron chi connectivity index (χ4n) is 5.42. The minimum atomic E-state index is -0.206. The molecule has 2 saturated heterocycles. The summed E-state index contributed by atoms with van der Waals surface area (Å²) in [5.74, 6) is 1.67. The standard InChI is InChI=1S/C27H30N6O2.ClH/c1-16-5-4-6-21(17(16)2)26-23(35-3)12-22-27(29-26)25(31-30-22)18-7-8-24(28-13-18)33-10-9-32-15-20(34)11-19(32)14-33;/h4-8,12-13,19-20,34H,9-11,14-15H2,1-3H3,(H,30,31);1H/t19-,20+;/m0./s1. The summed E-state index contributed by atoms with van der Waals surface area (Å²) in [6, 6.07) is 12.7. The van der Waals surface area contributed by atoms with E-state index in [0.717, 1.165) is 72.0 Å². The lowest BCUT2D eigenvalue weighted by atomic mass is 9.99. The highest BCUT2D eigenvalue weighted by Crippen LogP contribution is 2.36. The van der Waals surface area contributed by atoms with Crippen molar-refractivity contribution >= 4 is 29.3 Å². The number of H-pyrrole nitrogens is 1. The summed E-state index contributed by atoms with van der Waals surface area (Å²) in [5.41, 5.74) is 7.58. The zero-order chi connectivity index (χ0) is 24.1. The molecule has 0 amide bonds. The molecule has 188 valence electrons. The number of hydrogen-bond donors (Lipinski definition) is 2. The van der Waals surface area contributed by atoms with E-state index in [2.05, 4.69) is 58.1 Å². The third-order valence-corrected chi connectivity index (χ3v) is 7.52. The van der Waals surface area contributed by atoms with Gasteiger partial charge in [-0.2, -0.15) is 5.10 Å². The second-order valence-corrected chi connectivity index (χ2v) is 9.64. The Kier molecular flexibility index (Phi) is 6.59. The average molecular weight is 507 g/mol. The molecule has 0 spiro atoms. The van der Waals surface area contributed by atoms with Crippen molar-refractivity contribution in [3.05, 3.63) is 53.7 Å². The number of piperazine rings is 1. The van der Waals surface area contributed by atoms with Crippen molar-refractivity contribution < 1.29 is 9.84 Å². The Morgan fingerprint density at radius 1 is 1.08 bits per heavy atom. The van der Waals surface area contributed by atoms with E-state index in [1.807, 2.05) is 18.3 Å². The Hall–Kier alpha value is -3.20. The van der Waals surface area contributed by atoms with Crippen LogP contribution >= 0.6 is 12.4 Å². The summed E-state index contributed by atoms with van der Waals surface area (Å²) in [6.07, 6.45) is 2.51. The number of benzene rings is 1. The number of anilines is 1. The molecule has 5 heterocycles. The van der Waals surface area contributed by atoms with Crippen LogP contribution in [0.2, 0.25) is 0 Å². The number of rotatable bonds is 4. The van der Waals surface area contributed by atoms with E-state index in [0.29, 0.717) is 11.8 Å². The van der Waals surface area contributed by atoms with E-state index in [-0.39, 0.29) is 18.5 Å². The van der Waals surface area contributed by atoms with Gasteiger partial charge in [0.15, 0.2) is 0 Å². The molecule has 2 aliphatic heterocycles. The molecule has 36 heavy (non-hydrogen) atoms. The van der Waals surface area contributed by atoms with Crippen LogP contribution in [0.15, 0.2) is 42.6 Å². The van der Waals surface area contributed by atoms with Gasteiger partial charge in [0, 0.05) is 55.6 Å². The Morgan fingerprint density at radius 3 is 2.72 bits per heavy atom. The SMILES string of the molecule is COc1cc2[nH]nc(-c3ccc(N4CCN5C[C@H](O)C[C@H]5C4)nc3)c2nc1-c1cccc(C)c1C.Cl. The number of methoxy groups -OCH3 is 1. The van der Waals surface area contributed by atoms with Gasteiger partial charge in [-0.1, -0.05) is 18.2 Å². The molecule has 2 fully saturated rings. The molecular formula is C27H31ClN6O2. The maximum atomic E-state index is 10.00. The second kappa shape index (κ2) is 9.69. The number of ether oxygens (including phenoxy) is 1. The highest BCUT2D eigenvalue weighted by atomic mass is 35.5. The largest absolute Gasteiger partial charge is 0.494 e. The quantitative estimate of drug-likeness (QED) is 0.432. The van der Waals surface area contributed by atoms with Crippen LogP contribution < -0.4 is 9.64 Å². The van der Waals surface area contributed by atoms with Crippen LogP contribution in [-0.2, 0) is 0 Å². The van der Waals surface area contributed by atoms with Crippen molar-refractivity contribution in [1.29, 1.82) is 0 Å². The van der Waals surface area contributed by atoms with Crippen molar-refractivity contribution in [3.63, 3.8) is 0 Å². The molecule has 0 bridgehead atoms. The second-order valence-electron chi connectivity index (χ2n) is 9.64. The van der Waals surface area contributed by atoms with Gasteiger partial charge in [0.05, 0.1) is 18.7 Å². The van der Waals surface area contributed by atoms with Crippen molar-refractivity contribution in [1.82, 2.24) is 25.1 Å². The predicted molar refractivity (Wildman–Crippen MR) is 144 cm³/mol. The Bertz CT molecular complexity index is 1390. The number of hydrogen-bond acceptors (Lipinski definition) is 7. The topological polar surface area (TPSA) is 90.4 Å². The van der Waals surface area contributed by atoms with Crippen LogP contribution in [0, 0.1) is 13.8 Å². The molecule has 0 unspecified atom stereocenters. The van der Waals surface area contributed by atoms with Gasteiger partial charge in [0.1, 0.15) is 28.5 Å². The smallest absolute Gasteiger partial charge is 0.147 e. The van der Waals surface area contributed by atoms with Crippen LogP contribution in [0.4, 0.5) is 5.82 Å². The number of aromatic amines is 1. The van der Waals surface area contributed by atoms with Crippen molar-refractivity contribution in [3.8, 4) is 28.3 Å². The van der Waals surface area contributed by atoms with Gasteiger partial charge in [-0.3, -0.25) is 10.00 Å². The number of aromatic nitrogens is 4. The number of nitrogens with zero attached hydrogens (tertiary/aromatic N) is 5. The number of nitrogens with one attached hydrogen (secondary N) is 1. The minimum absolute atomic E-state index is 0. The maximum Gasteiger partial charge on any atom is 0.147 e. The molecule has 2 atom stereocenters. The average Bonchev–Trinajstić information content (AvgIpc) is 3.46. The first-order chi connectivity index (χ1) is 17.0. The lowest BCUT2D eigenvalue weighted by molar-refractivity contribution is 0.173. The molecule has 4 aromatic rings. The Balaban J connectivity index is 0.00000267. The number of aliphatic hydroxyl groups is 1. The lowest BCUT2D eigenvalue weighted by Crippen LogP contribution is -2.50. The predicted octanol–water partition coefficient (Wildman–Crippen LogP) is 3.99. The first-order valence-electron chi connectivity index (χ1n) is 12.1. The molecule has 0 aliphatic carbocycles. The minimum Gasteiger partial charge on any atom is -0.494 e. The molecule has 2 N–H and O–H groups in total. The van der Waals surface area contributed by atoms with Gasteiger partial charge >= 0.3 is 0 Å². The monoisotopic (exact) mass is 506 g/mol. The van der Waals surface area contributed by atoms with Gasteiger partial charge in [-0.25, -0.2) is 9.97 Å². The van der Waals surface area contributed by atoms with Crippen LogP contribution in [0.25, 0.3) is 33.5 Å². The molecule has 9 heteroatoms. The van der Waals surface area contributed by atoms with Crippen LogP contribution in [0.3, 0.4) is 0 Å².